The van der Waals surface area contributed by atoms with E-state index in [1.807, 2.05) is 0 Å². The summed E-state index contributed by atoms with van der Waals surface area (Å²) in [5.74, 6) is 0.771. The Hall–Kier alpha value is -0.0800. The fourth-order valence-corrected chi connectivity index (χ4v) is 1.99. The normalized spacial score (nSPS) is 26.6. The largest absolute Gasteiger partial charge is 0.315 e. The minimum Gasteiger partial charge on any atom is -0.315 e. The van der Waals surface area contributed by atoms with Crippen LogP contribution in [0.25, 0.3) is 0 Å². The second-order valence-corrected chi connectivity index (χ2v) is 5.86. The van der Waals surface area contributed by atoms with E-state index < -0.39 is 0 Å². The van der Waals surface area contributed by atoms with Gasteiger partial charge in [-0.1, -0.05) is 20.8 Å². The van der Waals surface area contributed by atoms with Crippen molar-refractivity contribution in [2.24, 2.45) is 11.3 Å². The predicted octanol–water partition coefficient (Wildman–Crippen LogP) is 1.96. The molecule has 2 heteroatoms. The van der Waals surface area contributed by atoms with Crippen LogP contribution in [0.5, 0.6) is 0 Å². The highest BCUT2D eigenvalue weighted by Gasteiger charge is 2.28. The van der Waals surface area contributed by atoms with Crippen molar-refractivity contribution in [2.75, 3.05) is 26.2 Å². The van der Waals surface area contributed by atoms with Gasteiger partial charge >= 0.3 is 0 Å². The van der Waals surface area contributed by atoms with Crippen LogP contribution in [0.3, 0.4) is 0 Å². The number of hydrogen-bond acceptors (Lipinski definition) is 2. The van der Waals surface area contributed by atoms with Gasteiger partial charge in [0, 0.05) is 25.7 Å². The monoisotopic (exact) mass is 198 g/mol. The van der Waals surface area contributed by atoms with Crippen LogP contribution in [0.15, 0.2) is 0 Å². The summed E-state index contributed by atoms with van der Waals surface area (Å²) < 4.78 is 0. The molecule has 0 bridgehead atoms. The third-order valence-electron chi connectivity index (χ3n) is 3.38. The first kappa shape index (κ1) is 12.0. The van der Waals surface area contributed by atoms with Gasteiger partial charge < -0.3 is 5.32 Å². The molecule has 1 saturated heterocycles. The van der Waals surface area contributed by atoms with Crippen molar-refractivity contribution in [3.05, 3.63) is 0 Å². The Labute approximate surface area is 89.1 Å². The van der Waals surface area contributed by atoms with Crippen LogP contribution in [-0.2, 0) is 0 Å². The molecule has 0 aliphatic carbocycles. The zero-order valence-corrected chi connectivity index (χ0v) is 10.4. The zero-order chi connectivity index (χ0) is 10.8. The summed E-state index contributed by atoms with van der Waals surface area (Å²) in [5, 5.41) is 3.55. The summed E-state index contributed by atoms with van der Waals surface area (Å²) in [4.78, 5) is 2.59. The third kappa shape index (κ3) is 3.25. The molecule has 0 radical (unpaired) electrons. The molecule has 1 N–H and O–H groups in total. The maximum Gasteiger partial charge on any atom is 0.0110 e. The Morgan fingerprint density at radius 3 is 2.43 bits per heavy atom. The van der Waals surface area contributed by atoms with E-state index in [9.17, 15) is 0 Å². The molecule has 0 aromatic carbocycles. The molecule has 2 nitrogen and oxygen atoms in total. The standard InChI is InChI=1S/C12H26N2/c1-10(2)14-7-6-13-8-11(9-14)12(3,4)5/h10-11,13H,6-9H2,1-5H3. The van der Waals surface area contributed by atoms with E-state index in [2.05, 4.69) is 44.8 Å². The Kier molecular flexibility index (Phi) is 3.96. The molecule has 1 aliphatic rings. The van der Waals surface area contributed by atoms with Gasteiger partial charge in [0.2, 0.25) is 0 Å². The average molecular weight is 198 g/mol. The van der Waals surface area contributed by atoms with Crippen molar-refractivity contribution >= 4 is 0 Å². The molecule has 0 aromatic heterocycles. The van der Waals surface area contributed by atoms with Crippen LogP contribution >= 0.6 is 0 Å². The van der Waals surface area contributed by atoms with E-state index in [-0.39, 0.29) is 0 Å². The van der Waals surface area contributed by atoms with Crippen LogP contribution in [0, 0.1) is 11.3 Å². The molecule has 1 unspecified atom stereocenters. The van der Waals surface area contributed by atoms with E-state index in [1.165, 1.54) is 19.6 Å². The molecule has 0 saturated carbocycles. The fraction of sp³-hybridized carbons (Fsp3) is 1.00. The Morgan fingerprint density at radius 2 is 1.93 bits per heavy atom. The van der Waals surface area contributed by atoms with Crippen molar-refractivity contribution in [1.29, 1.82) is 0 Å². The number of nitrogens with one attached hydrogen (secondary N) is 1. The van der Waals surface area contributed by atoms with Gasteiger partial charge in [-0.05, 0) is 31.7 Å². The maximum atomic E-state index is 3.55. The van der Waals surface area contributed by atoms with Gasteiger partial charge in [0.1, 0.15) is 0 Å². The van der Waals surface area contributed by atoms with Crippen molar-refractivity contribution in [3.63, 3.8) is 0 Å². The molecule has 1 atom stereocenters. The van der Waals surface area contributed by atoms with Gasteiger partial charge in [-0.3, -0.25) is 4.90 Å². The first-order valence-electron chi connectivity index (χ1n) is 5.86. The van der Waals surface area contributed by atoms with Crippen LogP contribution in [0.4, 0.5) is 0 Å². The summed E-state index contributed by atoms with van der Waals surface area (Å²) >= 11 is 0. The molecule has 0 spiro atoms. The number of rotatable bonds is 1. The first-order valence-corrected chi connectivity index (χ1v) is 5.86. The summed E-state index contributed by atoms with van der Waals surface area (Å²) in [6, 6.07) is 0.680. The van der Waals surface area contributed by atoms with Crippen molar-refractivity contribution < 1.29 is 0 Å². The topological polar surface area (TPSA) is 15.3 Å². The van der Waals surface area contributed by atoms with Crippen molar-refractivity contribution in [2.45, 2.75) is 40.7 Å². The molecule has 1 rings (SSSR count). The lowest BCUT2D eigenvalue weighted by molar-refractivity contribution is 0.146. The van der Waals surface area contributed by atoms with Gasteiger partial charge in [0.25, 0.3) is 0 Å². The molecule has 1 fully saturated rings. The summed E-state index contributed by atoms with van der Waals surface area (Å²) in [5.41, 5.74) is 0.421. The van der Waals surface area contributed by atoms with Gasteiger partial charge in [-0.2, -0.15) is 0 Å². The van der Waals surface area contributed by atoms with Gasteiger partial charge in [0.15, 0.2) is 0 Å². The first-order chi connectivity index (χ1) is 6.41. The molecular weight excluding hydrogens is 172 g/mol. The zero-order valence-electron chi connectivity index (χ0n) is 10.4. The lowest BCUT2D eigenvalue weighted by atomic mass is 9.80. The highest BCUT2D eigenvalue weighted by Crippen LogP contribution is 2.27. The second kappa shape index (κ2) is 4.63. The SMILES string of the molecule is CC(C)N1CCNCC(C(C)(C)C)C1. The van der Waals surface area contributed by atoms with E-state index >= 15 is 0 Å². The van der Waals surface area contributed by atoms with Crippen molar-refractivity contribution in [1.82, 2.24) is 10.2 Å². The maximum absolute atomic E-state index is 3.55. The molecule has 14 heavy (non-hydrogen) atoms. The van der Waals surface area contributed by atoms with Crippen molar-refractivity contribution in [3.8, 4) is 0 Å². The fourth-order valence-electron chi connectivity index (χ4n) is 1.99. The molecule has 1 aliphatic heterocycles. The number of nitrogens with zero attached hydrogens (tertiary/aromatic N) is 1. The molecule has 0 amide bonds. The van der Waals surface area contributed by atoms with E-state index in [0.29, 0.717) is 11.5 Å². The van der Waals surface area contributed by atoms with E-state index in [0.717, 1.165) is 12.5 Å². The lowest BCUT2D eigenvalue weighted by Crippen LogP contribution is -2.39. The minimum absolute atomic E-state index is 0.421. The predicted molar refractivity (Wildman–Crippen MR) is 62.5 cm³/mol. The summed E-state index contributed by atoms with van der Waals surface area (Å²) in [6.07, 6.45) is 0. The third-order valence-corrected chi connectivity index (χ3v) is 3.38. The van der Waals surface area contributed by atoms with Gasteiger partial charge in [-0.25, -0.2) is 0 Å². The molecular formula is C12H26N2. The summed E-state index contributed by atoms with van der Waals surface area (Å²) in [7, 11) is 0. The minimum atomic E-state index is 0.421. The highest BCUT2D eigenvalue weighted by atomic mass is 15.2. The quantitative estimate of drug-likeness (QED) is 0.693. The van der Waals surface area contributed by atoms with Gasteiger partial charge in [-0.15, -0.1) is 0 Å². The average Bonchev–Trinajstić information content (AvgIpc) is 2.26. The Bertz CT molecular complexity index is 170. The van der Waals surface area contributed by atoms with Crippen LogP contribution < -0.4 is 5.32 Å². The lowest BCUT2D eigenvalue weighted by Gasteiger charge is -2.34. The highest BCUT2D eigenvalue weighted by molar-refractivity contribution is 4.83. The smallest absolute Gasteiger partial charge is 0.0110 e. The Morgan fingerprint density at radius 1 is 1.29 bits per heavy atom. The van der Waals surface area contributed by atoms with E-state index in [4.69, 9.17) is 0 Å². The number of hydrogen-bond donors (Lipinski definition) is 1. The van der Waals surface area contributed by atoms with Crippen LogP contribution in [0.1, 0.15) is 34.6 Å². The summed E-state index contributed by atoms with van der Waals surface area (Å²) in [6.45, 7) is 16.4. The van der Waals surface area contributed by atoms with E-state index in [1.54, 1.807) is 0 Å². The van der Waals surface area contributed by atoms with Gasteiger partial charge in [0.05, 0.1) is 0 Å². The van der Waals surface area contributed by atoms with Crippen LogP contribution in [-0.4, -0.2) is 37.1 Å². The molecule has 84 valence electrons. The Balaban J connectivity index is 2.60. The van der Waals surface area contributed by atoms with Crippen LogP contribution in [0.2, 0.25) is 0 Å². The second-order valence-electron chi connectivity index (χ2n) is 5.86. The molecule has 0 aromatic rings. The molecule has 1 heterocycles.